The van der Waals surface area contributed by atoms with Crippen molar-refractivity contribution >= 4 is 44.4 Å². The van der Waals surface area contributed by atoms with Crippen LogP contribution in [-0.4, -0.2) is 20.9 Å². The first kappa shape index (κ1) is 14.1. The number of para-hydroxylation sites is 1. The summed E-state index contributed by atoms with van der Waals surface area (Å²) in [5, 5.41) is 14.7. The van der Waals surface area contributed by atoms with Crippen molar-refractivity contribution in [3.05, 3.63) is 63.2 Å². The molecule has 4 nitrogen and oxygen atoms in total. The molecule has 0 radical (unpaired) electrons. The van der Waals surface area contributed by atoms with E-state index in [4.69, 9.17) is 11.6 Å². The molecule has 0 fully saturated rings. The molecule has 106 valence electrons. The van der Waals surface area contributed by atoms with E-state index in [0.717, 1.165) is 15.6 Å². The Labute approximate surface area is 134 Å². The van der Waals surface area contributed by atoms with Crippen LogP contribution in [0.1, 0.15) is 16.1 Å². The molecular weight excluding hydrogens is 356 g/mol. The van der Waals surface area contributed by atoms with E-state index in [9.17, 15) is 9.90 Å². The van der Waals surface area contributed by atoms with Crippen molar-refractivity contribution in [2.75, 3.05) is 0 Å². The van der Waals surface area contributed by atoms with E-state index in [-0.39, 0.29) is 5.69 Å². The summed E-state index contributed by atoms with van der Waals surface area (Å²) in [6, 6.07) is 12.8. The zero-order valence-corrected chi connectivity index (χ0v) is 13.1. The van der Waals surface area contributed by atoms with Gasteiger partial charge >= 0.3 is 5.97 Å². The highest BCUT2D eigenvalue weighted by atomic mass is 79.9. The lowest BCUT2D eigenvalue weighted by molar-refractivity contribution is 0.0691. The van der Waals surface area contributed by atoms with Gasteiger partial charge in [0.25, 0.3) is 0 Å². The van der Waals surface area contributed by atoms with Gasteiger partial charge in [-0.05, 0) is 18.2 Å². The number of fused-ring (bicyclic) bond motifs is 1. The maximum atomic E-state index is 11.3. The molecule has 0 aliphatic rings. The first-order chi connectivity index (χ1) is 10.1. The average Bonchev–Trinajstić information content (AvgIpc) is 2.82. The molecule has 0 saturated heterocycles. The minimum atomic E-state index is -1.04. The summed E-state index contributed by atoms with van der Waals surface area (Å²) in [4.78, 5) is 11.3. The summed E-state index contributed by atoms with van der Waals surface area (Å²) in [6.07, 6.45) is 0. The van der Waals surface area contributed by atoms with Crippen LogP contribution in [-0.2, 0) is 6.54 Å². The van der Waals surface area contributed by atoms with Gasteiger partial charge in [0.15, 0.2) is 5.69 Å². The number of benzene rings is 2. The molecule has 0 aliphatic carbocycles. The zero-order valence-electron chi connectivity index (χ0n) is 10.8. The molecule has 6 heteroatoms. The molecule has 0 aliphatic heterocycles. The van der Waals surface area contributed by atoms with E-state index in [1.165, 1.54) is 0 Å². The maximum Gasteiger partial charge on any atom is 0.357 e. The number of aromatic carboxylic acids is 1. The summed E-state index contributed by atoms with van der Waals surface area (Å²) in [7, 11) is 0. The van der Waals surface area contributed by atoms with Crippen molar-refractivity contribution in [2.24, 2.45) is 0 Å². The Kier molecular flexibility index (Phi) is 3.69. The van der Waals surface area contributed by atoms with Crippen molar-refractivity contribution in [2.45, 2.75) is 6.54 Å². The molecule has 2 aromatic carbocycles. The average molecular weight is 366 g/mol. The molecule has 1 heterocycles. The topological polar surface area (TPSA) is 55.1 Å². The van der Waals surface area contributed by atoms with Crippen molar-refractivity contribution < 1.29 is 9.90 Å². The standard InChI is InChI=1S/C15H10BrClN2O2/c16-11-5-3-6-12(17)10(11)8-19-13-7-2-1-4-9(13)14(18-19)15(20)21/h1-7H,8H2,(H,20,21). The van der Waals surface area contributed by atoms with Crippen LogP contribution >= 0.6 is 27.5 Å². The Hall–Kier alpha value is -1.85. The Morgan fingerprint density at radius 3 is 2.71 bits per heavy atom. The second-order valence-electron chi connectivity index (χ2n) is 4.53. The predicted octanol–water partition coefficient (Wildman–Crippen LogP) is 4.20. The zero-order chi connectivity index (χ0) is 15.0. The predicted molar refractivity (Wildman–Crippen MR) is 84.9 cm³/mol. The highest BCUT2D eigenvalue weighted by Gasteiger charge is 2.17. The third-order valence-electron chi connectivity index (χ3n) is 3.23. The van der Waals surface area contributed by atoms with Gasteiger partial charge in [0.1, 0.15) is 0 Å². The van der Waals surface area contributed by atoms with Crippen LogP contribution in [0.3, 0.4) is 0 Å². The number of hydrogen-bond donors (Lipinski definition) is 1. The van der Waals surface area contributed by atoms with Crippen LogP contribution in [0.5, 0.6) is 0 Å². The Balaban J connectivity index is 2.15. The van der Waals surface area contributed by atoms with E-state index < -0.39 is 5.97 Å². The Morgan fingerprint density at radius 1 is 1.24 bits per heavy atom. The lowest BCUT2D eigenvalue weighted by Crippen LogP contribution is -2.05. The highest BCUT2D eigenvalue weighted by Crippen LogP contribution is 2.27. The normalized spacial score (nSPS) is 11.0. The van der Waals surface area contributed by atoms with Crippen molar-refractivity contribution in [1.29, 1.82) is 0 Å². The number of nitrogens with zero attached hydrogens (tertiary/aromatic N) is 2. The summed E-state index contributed by atoms with van der Waals surface area (Å²) < 4.78 is 2.52. The van der Waals surface area contributed by atoms with Crippen molar-refractivity contribution in [1.82, 2.24) is 9.78 Å². The van der Waals surface area contributed by atoms with Gasteiger partial charge in [0.2, 0.25) is 0 Å². The molecule has 0 unspecified atom stereocenters. The smallest absolute Gasteiger partial charge is 0.357 e. The number of carbonyl (C=O) groups is 1. The minimum absolute atomic E-state index is 0.0498. The number of carboxylic acid groups (broad SMARTS) is 1. The van der Waals surface area contributed by atoms with Gasteiger partial charge in [-0.2, -0.15) is 5.10 Å². The molecule has 1 aromatic heterocycles. The number of rotatable bonds is 3. The molecule has 0 atom stereocenters. The molecule has 0 saturated carbocycles. The lowest BCUT2D eigenvalue weighted by atomic mass is 10.2. The van der Waals surface area contributed by atoms with Gasteiger partial charge in [0.05, 0.1) is 12.1 Å². The molecule has 0 amide bonds. The van der Waals surface area contributed by atoms with Gasteiger partial charge in [-0.1, -0.05) is 51.8 Å². The first-order valence-electron chi connectivity index (χ1n) is 6.19. The van der Waals surface area contributed by atoms with Crippen LogP contribution in [0.15, 0.2) is 46.9 Å². The second-order valence-corrected chi connectivity index (χ2v) is 5.79. The van der Waals surface area contributed by atoms with Crippen LogP contribution in [0, 0.1) is 0 Å². The minimum Gasteiger partial charge on any atom is -0.476 e. The van der Waals surface area contributed by atoms with Crippen LogP contribution < -0.4 is 0 Å². The van der Waals surface area contributed by atoms with Crippen molar-refractivity contribution in [3.8, 4) is 0 Å². The molecule has 21 heavy (non-hydrogen) atoms. The largest absolute Gasteiger partial charge is 0.476 e. The molecule has 3 rings (SSSR count). The number of aromatic nitrogens is 2. The van der Waals surface area contributed by atoms with Gasteiger partial charge < -0.3 is 5.11 Å². The summed E-state index contributed by atoms with van der Waals surface area (Å²) in [5.41, 5.74) is 1.68. The Bertz CT molecular complexity index is 825. The fraction of sp³-hybridized carbons (Fsp3) is 0.0667. The van der Waals surface area contributed by atoms with Crippen LogP contribution in [0.25, 0.3) is 10.9 Å². The molecule has 0 spiro atoms. The number of halogens is 2. The number of carboxylic acids is 1. The van der Waals surface area contributed by atoms with Gasteiger partial charge in [-0.25, -0.2) is 4.79 Å². The van der Waals surface area contributed by atoms with Crippen LogP contribution in [0.2, 0.25) is 5.02 Å². The molecule has 1 N–H and O–H groups in total. The molecule has 3 aromatic rings. The SMILES string of the molecule is O=C(O)c1nn(Cc2c(Cl)cccc2Br)c2ccccc12. The van der Waals surface area contributed by atoms with E-state index >= 15 is 0 Å². The third kappa shape index (κ3) is 2.54. The Morgan fingerprint density at radius 2 is 2.00 bits per heavy atom. The van der Waals surface area contributed by atoms with E-state index in [1.54, 1.807) is 22.9 Å². The van der Waals surface area contributed by atoms with E-state index in [1.807, 2.05) is 24.3 Å². The second kappa shape index (κ2) is 5.50. The van der Waals surface area contributed by atoms with Gasteiger partial charge in [0, 0.05) is 20.4 Å². The first-order valence-corrected chi connectivity index (χ1v) is 7.37. The summed E-state index contributed by atoms with van der Waals surface area (Å²) >= 11 is 9.68. The molecular formula is C15H10BrClN2O2. The van der Waals surface area contributed by atoms with E-state index in [0.29, 0.717) is 17.0 Å². The van der Waals surface area contributed by atoms with Gasteiger partial charge in [-0.3, -0.25) is 4.68 Å². The van der Waals surface area contributed by atoms with E-state index in [2.05, 4.69) is 21.0 Å². The van der Waals surface area contributed by atoms with Gasteiger partial charge in [-0.15, -0.1) is 0 Å². The summed E-state index contributed by atoms with van der Waals surface area (Å²) in [6.45, 7) is 0.397. The highest BCUT2D eigenvalue weighted by molar-refractivity contribution is 9.10. The monoisotopic (exact) mass is 364 g/mol. The fourth-order valence-electron chi connectivity index (χ4n) is 2.24. The lowest BCUT2D eigenvalue weighted by Gasteiger charge is -2.08. The maximum absolute atomic E-state index is 11.3. The van der Waals surface area contributed by atoms with Crippen molar-refractivity contribution in [3.63, 3.8) is 0 Å². The van der Waals surface area contributed by atoms with Crippen LogP contribution in [0.4, 0.5) is 0 Å². The number of hydrogen-bond acceptors (Lipinski definition) is 2. The summed E-state index contributed by atoms with van der Waals surface area (Å²) in [5.74, 6) is -1.04. The fourth-order valence-corrected chi connectivity index (χ4v) is 3.08. The third-order valence-corrected chi connectivity index (χ3v) is 4.33. The molecule has 0 bridgehead atoms. The quantitative estimate of drug-likeness (QED) is 0.757.